The highest BCUT2D eigenvalue weighted by molar-refractivity contribution is 7.92. The van der Waals surface area contributed by atoms with Crippen LogP contribution in [0.4, 0.5) is 5.69 Å². The molecule has 0 bridgehead atoms. The van der Waals surface area contributed by atoms with Gasteiger partial charge in [0, 0.05) is 12.0 Å². The zero-order chi connectivity index (χ0) is 19.2. The van der Waals surface area contributed by atoms with Crippen LogP contribution < -0.4 is 4.72 Å². The number of nitrogens with one attached hydrogen (secondary N) is 1. The number of nitrogens with zero attached hydrogens (tertiary/aromatic N) is 1. The molecule has 2 aromatic carbocycles. The van der Waals surface area contributed by atoms with Gasteiger partial charge in [0.15, 0.2) is 0 Å². The number of rotatable bonds is 8. The van der Waals surface area contributed by atoms with E-state index in [9.17, 15) is 18.4 Å². The zero-order valence-electron chi connectivity index (χ0n) is 14.2. The molecule has 0 unspecified atom stereocenters. The Kier molecular flexibility index (Phi) is 6.35. The van der Waals surface area contributed by atoms with Gasteiger partial charge in [0.05, 0.1) is 16.3 Å². The molecule has 3 N–H and O–H groups in total. The maximum Gasteiger partial charge on any atom is 0.303 e. The maximum atomic E-state index is 12.6. The van der Waals surface area contributed by atoms with Crippen LogP contribution in [-0.2, 0) is 14.8 Å². The van der Waals surface area contributed by atoms with E-state index in [1.165, 1.54) is 12.1 Å². The van der Waals surface area contributed by atoms with Crippen LogP contribution in [0.2, 0.25) is 0 Å². The molecule has 26 heavy (non-hydrogen) atoms. The van der Waals surface area contributed by atoms with Gasteiger partial charge in [0.2, 0.25) is 0 Å². The Balaban J connectivity index is 2.28. The number of carboxylic acids is 1. The number of carboxylic acid groups (broad SMARTS) is 1. The summed E-state index contributed by atoms with van der Waals surface area (Å²) in [6.07, 6.45) is 0.399. The molecule has 0 amide bonds. The van der Waals surface area contributed by atoms with Gasteiger partial charge in [-0.2, -0.15) is 0 Å². The van der Waals surface area contributed by atoms with E-state index in [2.05, 4.69) is 9.88 Å². The summed E-state index contributed by atoms with van der Waals surface area (Å²) in [6, 6.07) is 12.9. The SMILES string of the molecule is Cc1ccc(S(=O)(=O)Nc2ccccc2C(CCCC(=O)O)=NO)cc1. The molecule has 0 atom stereocenters. The molecule has 2 rings (SSSR count). The Morgan fingerprint density at radius 3 is 2.35 bits per heavy atom. The van der Waals surface area contributed by atoms with Crippen molar-refractivity contribution in [2.24, 2.45) is 5.16 Å². The molecule has 0 aliphatic carbocycles. The molecule has 8 heteroatoms. The Morgan fingerprint density at radius 2 is 1.73 bits per heavy atom. The van der Waals surface area contributed by atoms with E-state index < -0.39 is 16.0 Å². The summed E-state index contributed by atoms with van der Waals surface area (Å²) in [5.74, 6) is -0.948. The van der Waals surface area contributed by atoms with Crippen molar-refractivity contribution in [3.05, 3.63) is 59.7 Å². The lowest BCUT2D eigenvalue weighted by Gasteiger charge is -2.13. The Bertz CT molecular complexity index is 905. The fraction of sp³-hybridized carbons (Fsp3) is 0.222. The van der Waals surface area contributed by atoms with Crippen LogP contribution in [0.1, 0.15) is 30.4 Å². The van der Waals surface area contributed by atoms with E-state index in [1.54, 1.807) is 36.4 Å². The predicted octanol–water partition coefficient (Wildman–Crippen LogP) is 3.23. The molecule has 0 heterocycles. The van der Waals surface area contributed by atoms with Crippen molar-refractivity contribution in [1.29, 1.82) is 0 Å². The van der Waals surface area contributed by atoms with Crippen molar-refractivity contribution in [3.8, 4) is 0 Å². The van der Waals surface area contributed by atoms with Crippen LogP contribution >= 0.6 is 0 Å². The second kappa shape index (κ2) is 8.48. The minimum absolute atomic E-state index is 0.0731. The highest BCUT2D eigenvalue weighted by Gasteiger charge is 2.18. The second-order valence-corrected chi connectivity index (χ2v) is 7.44. The molecular weight excluding hydrogens is 356 g/mol. The molecule has 0 spiro atoms. The average molecular weight is 376 g/mol. The van der Waals surface area contributed by atoms with Crippen LogP contribution in [0.3, 0.4) is 0 Å². The monoisotopic (exact) mass is 376 g/mol. The highest BCUT2D eigenvalue weighted by atomic mass is 32.2. The van der Waals surface area contributed by atoms with Crippen LogP contribution in [0.25, 0.3) is 0 Å². The third-order valence-electron chi connectivity index (χ3n) is 3.74. The first kappa shape index (κ1) is 19.5. The molecular formula is C18H20N2O5S. The standard InChI is InChI=1S/C18H20N2O5S/c1-13-9-11-14(12-10-13)26(24,25)20-17-6-3-2-5-15(17)16(19-23)7-4-8-18(21)22/h2-3,5-6,9-12,20,23H,4,7-8H2,1H3,(H,21,22). The van der Waals surface area contributed by atoms with Gasteiger partial charge < -0.3 is 10.3 Å². The second-order valence-electron chi connectivity index (χ2n) is 5.76. The largest absolute Gasteiger partial charge is 0.481 e. The maximum absolute atomic E-state index is 12.6. The van der Waals surface area contributed by atoms with Gasteiger partial charge in [0.1, 0.15) is 0 Å². The normalized spacial score (nSPS) is 12.0. The van der Waals surface area contributed by atoms with Gasteiger partial charge in [-0.1, -0.05) is 41.1 Å². The van der Waals surface area contributed by atoms with E-state index in [1.807, 2.05) is 6.92 Å². The van der Waals surface area contributed by atoms with Gasteiger partial charge in [-0.15, -0.1) is 0 Å². The van der Waals surface area contributed by atoms with Gasteiger partial charge >= 0.3 is 5.97 Å². The summed E-state index contributed by atoms with van der Waals surface area (Å²) >= 11 is 0. The van der Waals surface area contributed by atoms with Gasteiger partial charge in [-0.25, -0.2) is 8.42 Å². The van der Waals surface area contributed by atoms with Crippen molar-refractivity contribution < 1.29 is 23.5 Å². The number of anilines is 1. The summed E-state index contributed by atoms with van der Waals surface area (Å²) in [5.41, 5.74) is 1.82. The first-order valence-electron chi connectivity index (χ1n) is 7.95. The fourth-order valence-corrected chi connectivity index (χ4v) is 3.47. The van der Waals surface area contributed by atoms with Crippen LogP contribution in [0.15, 0.2) is 58.6 Å². The molecule has 0 aromatic heterocycles. The zero-order valence-corrected chi connectivity index (χ0v) is 15.0. The van der Waals surface area contributed by atoms with E-state index in [0.717, 1.165) is 5.56 Å². The van der Waals surface area contributed by atoms with E-state index in [4.69, 9.17) is 5.11 Å². The molecule has 0 saturated heterocycles. The highest BCUT2D eigenvalue weighted by Crippen LogP contribution is 2.22. The Morgan fingerprint density at radius 1 is 1.08 bits per heavy atom. The van der Waals surface area contributed by atoms with Crippen molar-refractivity contribution in [3.63, 3.8) is 0 Å². The summed E-state index contributed by atoms with van der Waals surface area (Å²) in [7, 11) is -3.81. The molecule has 7 nitrogen and oxygen atoms in total. The number of aliphatic carboxylic acids is 1. The van der Waals surface area contributed by atoms with Crippen molar-refractivity contribution >= 4 is 27.4 Å². The number of sulfonamides is 1. The molecule has 138 valence electrons. The summed E-state index contributed by atoms with van der Waals surface area (Å²) in [6.45, 7) is 1.86. The summed E-state index contributed by atoms with van der Waals surface area (Å²) in [5, 5.41) is 21.2. The Labute approximate surface area is 152 Å². The summed E-state index contributed by atoms with van der Waals surface area (Å²) in [4.78, 5) is 10.8. The van der Waals surface area contributed by atoms with Gasteiger partial charge in [-0.3, -0.25) is 9.52 Å². The fourth-order valence-electron chi connectivity index (χ4n) is 2.39. The first-order chi connectivity index (χ1) is 12.3. The molecule has 0 aliphatic heterocycles. The summed E-state index contributed by atoms with van der Waals surface area (Å²) < 4.78 is 27.7. The number of para-hydroxylation sites is 1. The Hall–Kier alpha value is -2.87. The quantitative estimate of drug-likeness (QED) is 0.372. The van der Waals surface area contributed by atoms with E-state index in [-0.39, 0.29) is 35.6 Å². The molecule has 0 saturated carbocycles. The minimum atomic E-state index is -3.81. The number of carbonyl (C=O) groups is 1. The average Bonchev–Trinajstić information content (AvgIpc) is 2.59. The van der Waals surface area contributed by atoms with E-state index in [0.29, 0.717) is 5.56 Å². The number of aryl methyl sites for hydroxylation is 1. The number of hydrogen-bond acceptors (Lipinski definition) is 5. The smallest absolute Gasteiger partial charge is 0.303 e. The predicted molar refractivity (Wildman–Crippen MR) is 98.2 cm³/mol. The topological polar surface area (TPSA) is 116 Å². The van der Waals surface area contributed by atoms with Crippen LogP contribution in [0.5, 0.6) is 0 Å². The first-order valence-corrected chi connectivity index (χ1v) is 9.43. The molecule has 2 aromatic rings. The third kappa shape index (κ3) is 5.06. The number of benzene rings is 2. The molecule has 0 aliphatic rings. The number of oxime groups is 1. The van der Waals surface area contributed by atoms with Crippen molar-refractivity contribution in [2.45, 2.75) is 31.1 Å². The van der Waals surface area contributed by atoms with Crippen LogP contribution in [-0.4, -0.2) is 30.4 Å². The third-order valence-corrected chi connectivity index (χ3v) is 5.12. The van der Waals surface area contributed by atoms with E-state index >= 15 is 0 Å². The van der Waals surface area contributed by atoms with Gasteiger partial charge in [0.25, 0.3) is 10.0 Å². The lowest BCUT2D eigenvalue weighted by molar-refractivity contribution is -0.137. The lowest BCUT2D eigenvalue weighted by atomic mass is 10.0. The minimum Gasteiger partial charge on any atom is -0.481 e. The van der Waals surface area contributed by atoms with Crippen molar-refractivity contribution in [1.82, 2.24) is 0 Å². The lowest BCUT2D eigenvalue weighted by Crippen LogP contribution is -2.16. The van der Waals surface area contributed by atoms with Crippen molar-refractivity contribution in [2.75, 3.05) is 4.72 Å². The molecule has 0 fully saturated rings. The number of hydrogen-bond donors (Lipinski definition) is 3. The molecule has 0 radical (unpaired) electrons. The van der Waals surface area contributed by atoms with Gasteiger partial charge in [-0.05, 0) is 38.0 Å². The van der Waals surface area contributed by atoms with Crippen LogP contribution in [0, 0.1) is 6.92 Å².